The minimum absolute atomic E-state index is 0.331. The van der Waals surface area contributed by atoms with Gasteiger partial charge >= 0.3 is 0 Å². The molecule has 0 amide bonds. The van der Waals surface area contributed by atoms with Crippen molar-refractivity contribution in [2.75, 3.05) is 32.0 Å². The molecule has 66 valence electrons. The Bertz CT molecular complexity index is 110. The second kappa shape index (κ2) is 5.01. The van der Waals surface area contributed by atoms with Crippen LogP contribution in [0.25, 0.3) is 0 Å². The van der Waals surface area contributed by atoms with Gasteiger partial charge in [-0.2, -0.15) is 11.8 Å². The molecule has 1 heterocycles. The van der Waals surface area contributed by atoms with Crippen LogP contribution in [-0.2, 0) is 0 Å². The fourth-order valence-corrected chi connectivity index (χ4v) is 2.47. The third-order valence-electron chi connectivity index (χ3n) is 1.96. The summed E-state index contributed by atoms with van der Waals surface area (Å²) >= 11 is 2.05. The molecule has 1 aliphatic rings. The summed E-state index contributed by atoms with van der Waals surface area (Å²) in [4.78, 5) is 2.44. The van der Waals surface area contributed by atoms with E-state index in [-0.39, 0.29) is 0 Å². The van der Waals surface area contributed by atoms with E-state index in [0.717, 1.165) is 18.2 Å². The molecule has 1 saturated heterocycles. The van der Waals surface area contributed by atoms with Gasteiger partial charge in [0.2, 0.25) is 0 Å². The number of hydrogen-bond donors (Lipinski definition) is 1. The predicted octanol–water partition coefficient (Wildman–Crippen LogP) is 0.806. The predicted molar refractivity (Wildman–Crippen MR) is 50.1 cm³/mol. The van der Waals surface area contributed by atoms with Crippen LogP contribution in [0, 0.1) is 0 Å². The molecule has 0 aliphatic carbocycles. The molecule has 0 bridgehead atoms. The van der Waals surface area contributed by atoms with Gasteiger partial charge < -0.3 is 10.0 Å². The van der Waals surface area contributed by atoms with Crippen molar-refractivity contribution in [3.05, 3.63) is 0 Å². The van der Waals surface area contributed by atoms with E-state index in [4.69, 9.17) is 5.11 Å². The van der Waals surface area contributed by atoms with Crippen LogP contribution in [0.3, 0.4) is 0 Å². The average molecular weight is 175 g/mol. The van der Waals surface area contributed by atoms with Crippen LogP contribution in [0.4, 0.5) is 0 Å². The normalized spacial score (nSPS) is 27.3. The molecule has 1 fully saturated rings. The lowest BCUT2D eigenvalue weighted by atomic mass is 10.3. The van der Waals surface area contributed by atoms with E-state index >= 15 is 0 Å². The quantitative estimate of drug-likeness (QED) is 0.686. The molecular weight excluding hydrogens is 158 g/mol. The zero-order valence-electron chi connectivity index (χ0n) is 7.12. The molecule has 0 spiro atoms. The first kappa shape index (κ1) is 9.36. The molecule has 1 rings (SSSR count). The minimum Gasteiger partial charge on any atom is -0.396 e. The fraction of sp³-hybridized carbons (Fsp3) is 1.00. The Hall–Kier alpha value is 0.270. The molecule has 2 nitrogen and oxygen atoms in total. The Labute approximate surface area is 73.0 Å². The highest BCUT2D eigenvalue weighted by molar-refractivity contribution is 7.99. The second-order valence-electron chi connectivity index (χ2n) is 3.06. The van der Waals surface area contributed by atoms with Crippen LogP contribution < -0.4 is 0 Å². The molecule has 1 unspecified atom stereocenters. The minimum atomic E-state index is 0.331. The molecule has 0 saturated carbocycles. The van der Waals surface area contributed by atoms with E-state index in [1.165, 1.54) is 18.8 Å². The summed E-state index contributed by atoms with van der Waals surface area (Å²) in [6, 6.07) is 0. The smallest absolute Gasteiger partial charge is 0.0443 e. The summed E-state index contributed by atoms with van der Waals surface area (Å²) in [5.41, 5.74) is 0. The number of hydrogen-bond acceptors (Lipinski definition) is 3. The molecule has 3 heteroatoms. The van der Waals surface area contributed by atoms with E-state index in [9.17, 15) is 0 Å². The van der Waals surface area contributed by atoms with Crippen molar-refractivity contribution in [2.45, 2.75) is 18.6 Å². The molecule has 1 aliphatic heterocycles. The largest absolute Gasteiger partial charge is 0.396 e. The Balaban J connectivity index is 2.12. The maximum Gasteiger partial charge on any atom is 0.0443 e. The van der Waals surface area contributed by atoms with Crippen molar-refractivity contribution < 1.29 is 5.11 Å². The van der Waals surface area contributed by atoms with Gasteiger partial charge in [0.15, 0.2) is 0 Å². The number of aliphatic hydroxyl groups is 1. The summed E-state index contributed by atoms with van der Waals surface area (Å²) < 4.78 is 0. The highest BCUT2D eigenvalue weighted by Gasteiger charge is 2.15. The van der Waals surface area contributed by atoms with Crippen molar-refractivity contribution in [2.24, 2.45) is 0 Å². The summed E-state index contributed by atoms with van der Waals surface area (Å²) in [5.74, 6) is 1.26. The van der Waals surface area contributed by atoms with Gasteiger partial charge in [-0.05, 0) is 6.42 Å². The van der Waals surface area contributed by atoms with Gasteiger partial charge in [-0.3, -0.25) is 0 Å². The Kier molecular flexibility index (Phi) is 4.26. The van der Waals surface area contributed by atoms with Gasteiger partial charge in [-0.15, -0.1) is 0 Å². The van der Waals surface area contributed by atoms with E-state index in [0.29, 0.717) is 6.61 Å². The Morgan fingerprint density at radius 2 is 2.45 bits per heavy atom. The summed E-state index contributed by atoms with van der Waals surface area (Å²) in [5, 5.41) is 9.41. The first-order valence-corrected chi connectivity index (χ1v) is 5.32. The van der Waals surface area contributed by atoms with Crippen molar-refractivity contribution in [1.82, 2.24) is 4.90 Å². The number of aliphatic hydroxyl groups excluding tert-OH is 1. The number of nitrogens with zero attached hydrogens (tertiary/aromatic N) is 1. The topological polar surface area (TPSA) is 23.5 Å². The SMILES string of the molecule is CC1CN(CCCO)CCS1. The van der Waals surface area contributed by atoms with E-state index in [1.54, 1.807) is 0 Å². The van der Waals surface area contributed by atoms with E-state index in [2.05, 4.69) is 23.6 Å². The average Bonchev–Trinajstić information content (AvgIpc) is 2.01. The van der Waals surface area contributed by atoms with Gasteiger partial charge in [0.1, 0.15) is 0 Å². The van der Waals surface area contributed by atoms with Gasteiger partial charge in [0.25, 0.3) is 0 Å². The lowest BCUT2D eigenvalue weighted by molar-refractivity contribution is 0.229. The molecule has 0 radical (unpaired) electrons. The third-order valence-corrected chi connectivity index (χ3v) is 3.09. The molecule has 11 heavy (non-hydrogen) atoms. The highest BCUT2D eigenvalue weighted by Crippen LogP contribution is 2.17. The summed E-state index contributed by atoms with van der Waals surface area (Å²) in [6.45, 7) is 6.08. The second-order valence-corrected chi connectivity index (χ2v) is 4.61. The standard InChI is InChI=1S/C8H17NOS/c1-8-7-9(3-2-5-10)4-6-11-8/h8,10H,2-7H2,1H3. The van der Waals surface area contributed by atoms with E-state index in [1.807, 2.05) is 0 Å². The Morgan fingerprint density at radius 3 is 3.09 bits per heavy atom. The lowest BCUT2D eigenvalue weighted by Gasteiger charge is -2.30. The van der Waals surface area contributed by atoms with Crippen LogP contribution in [0.2, 0.25) is 0 Å². The first-order chi connectivity index (χ1) is 5.33. The summed E-state index contributed by atoms with van der Waals surface area (Å²) in [7, 11) is 0. The molecule has 1 N–H and O–H groups in total. The van der Waals surface area contributed by atoms with Gasteiger partial charge in [0, 0.05) is 37.2 Å². The lowest BCUT2D eigenvalue weighted by Crippen LogP contribution is -2.37. The first-order valence-electron chi connectivity index (χ1n) is 4.27. The fourth-order valence-electron chi connectivity index (χ4n) is 1.39. The number of thioether (sulfide) groups is 1. The third kappa shape index (κ3) is 3.45. The van der Waals surface area contributed by atoms with Crippen molar-refractivity contribution in [1.29, 1.82) is 0 Å². The monoisotopic (exact) mass is 175 g/mol. The summed E-state index contributed by atoms with van der Waals surface area (Å²) in [6.07, 6.45) is 0.928. The maximum atomic E-state index is 8.63. The molecule has 0 aromatic heterocycles. The van der Waals surface area contributed by atoms with Crippen molar-refractivity contribution in [3.8, 4) is 0 Å². The maximum absolute atomic E-state index is 8.63. The van der Waals surface area contributed by atoms with Crippen LogP contribution >= 0.6 is 11.8 Å². The zero-order chi connectivity index (χ0) is 8.10. The van der Waals surface area contributed by atoms with Crippen LogP contribution in [0.5, 0.6) is 0 Å². The molecule has 0 aromatic carbocycles. The van der Waals surface area contributed by atoms with E-state index < -0.39 is 0 Å². The van der Waals surface area contributed by atoms with Gasteiger partial charge in [-0.1, -0.05) is 6.92 Å². The van der Waals surface area contributed by atoms with Crippen LogP contribution in [0.1, 0.15) is 13.3 Å². The van der Waals surface area contributed by atoms with Crippen LogP contribution in [0.15, 0.2) is 0 Å². The molecule has 0 aromatic rings. The van der Waals surface area contributed by atoms with Gasteiger partial charge in [0.05, 0.1) is 0 Å². The molecular formula is C8H17NOS. The van der Waals surface area contributed by atoms with Crippen molar-refractivity contribution >= 4 is 11.8 Å². The molecule has 1 atom stereocenters. The van der Waals surface area contributed by atoms with Crippen LogP contribution in [-0.4, -0.2) is 47.3 Å². The van der Waals surface area contributed by atoms with Gasteiger partial charge in [-0.25, -0.2) is 0 Å². The van der Waals surface area contributed by atoms with Crippen molar-refractivity contribution in [3.63, 3.8) is 0 Å². The highest BCUT2D eigenvalue weighted by atomic mass is 32.2. The Morgan fingerprint density at radius 1 is 1.64 bits per heavy atom. The zero-order valence-corrected chi connectivity index (χ0v) is 7.94. The number of rotatable bonds is 3.